The van der Waals surface area contributed by atoms with Crippen LogP contribution in [0, 0.1) is 5.82 Å². The lowest BCUT2D eigenvalue weighted by Crippen LogP contribution is -2.44. The maximum Gasteiger partial charge on any atom is 0.146 e. The van der Waals surface area contributed by atoms with Crippen LogP contribution in [0.1, 0.15) is 24.8 Å². The molecule has 2 nitrogen and oxygen atoms in total. The first-order valence-corrected chi connectivity index (χ1v) is 6.91. The Bertz CT molecular complexity index is 395. The molecule has 0 saturated carbocycles. The number of rotatable bonds is 4. The van der Waals surface area contributed by atoms with E-state index >= 15 is 0 Å². The van der Waals surface area contributed by atoms with Gasteiger partial charge in [0.15, 0.2) is 0 Å². The van der Waals surface area contributed by atoms with Crippen molar-refractivity contribution in [2.75, 3.05) is 20.1 Å². The minimum atomic E-state index is -0.270. The van der Waals surface area contributed by atoms with E-state index in [2.05, 4.69) is 10.2 Å². The maximum atomic E-state index is 13.9. The summed E-state index contributed by atoms with van der Waals surface area (Å²) < 4.78 is 13.9. The lowest BCUT2D eigenvalue weighted by Gasteiger charge is -2.35. The molecule has 0 aromatic heterocycles. The summed E-state index contributed by atoms with van der Waals surface area (Å²) in [5, 5.41) is 3.43. The summed E-state index contributed by atoms with van der Waals surface area (Å²) in [5.74, 6) is -0.270. The fourth-order valence-corrected chi connectivity index (χ4v) is 2.82. The van der Waals surface area contributed by atoms with Gasteiger partial charge in [-0.15, -0.1) is 0 Å². The number of benzene rings is 1. The Hall–Kier alpha value is -0.640. The van der Waals surface area contributed by atoms with Gasteiger partial charge in [0.1, 0.15) is 5.82 Å². The molecule has 0 spiro atoms. The third-order valence-corrected chi connectivity index (χ3v) is 3.89. The Kier molecular flexibility index (Phi) is 4.98. The quantitative estimate of drug-likeness (QED) is 0.905. The monoisotopic (exact) mass is 270 g/mol. The van der Waals surface area contributed by atoms with Crippen molar-refractivity contribution in [3.05, 3.63) is 34.6 Å². The Morgan fingerprint density at radius 3 is 3.06 bits per heavy atom. The third kappa shape index (κ3) is 3.22. The van der Waals surface area contributed by atoms with Crippen LogP contribution in [0.3, 0.4) is 0 Å². The number of hydrogen-bond donors (Lipinski definition) is 1. The maximum absolute atomic E-state index is 13.9. The SMILES string of the molecule is CNCC1CCCCN1Cc1cccc(Cl)c1F. The van der Waals surface area contributed by atoms with Crippen LogP contribution in [0.2, 0.25) is 5.02 Å². The van der Waals surface area contributed by atoms with Crippen molar-refractivity contribution in [3.63, 3.8) is 0 Å². The second-order valence-electron chi connectivity index (χ2n) is 4.89. The van der Waals surface area contributed by atoms with Crippen LogP contribution in [-0.4, -0.2) is 31.1 Å². The molecule has 0 aliphatic carbocycles. The van der Waals surface area contributed by atoms with Crippen LogP contribution < -0.4 is 5.32 Å². The first-order valence-electron chi connectivity index (χ1n) is 6.54. The van der Waals surface area contributed by atoms with Gasteiger partial charge < -0.3 is 5.32 Å². The number of nitrogens with one attached hydrogen (secondary N) is 1. The zero-order valence-corrected chi connectivity index (χ0v) is 11.5. The van der Waals surface area contributed by atoms with Gasteiger partial charge in [-0.2, -0.15) is 0 Å². The van der Waals surface area contributed by atoms with Gasteiger partial charge in [0.05, 0.1) is 5.02 Å². The molecule has 1 aromatic rings. The van der Waals surface area contributed by atoms with Crippen LogP contribution in [-0.2, 0) is 6.54 Å². The molecular formula is C14H20ClFN2. The van der Waals surface area contributed by atoms with Crippen molar-refractivity contribution in [2.45, 2.75) is 31.8 Å². The average molecular weight is 271 g/mol. The fourth-order valence-electron chi connectivity index (χ4n) is 2.62. The lowest BCUT2D eigenvalue weighted by molar-refractivity contribution is 0.138. The predicted molar refractivity (Wildman–Crippen MR) is 73.4 cm³/mol. The van der Waals surface area contributed by atoms with Crippen molar-refractivity contribution < 1.29 is 4.39 Å². The van der Waals surface area contributed by atoms with Gasteiger partial charge in [-0.25, -0.2) is 4.39 Å². The van der Waals surface area contributed by atoms with E-state index in [9.17, 15) is 4.39 Å². The van der Waals surface area contributed by atoms with E-state index in [4.69, 9.17) is 11.6 Å². The highest BCUT2D eigenvalue weighted by Gasteiger charge is 2.22. The lowest BCUT2D eigenvalue weighted by atomic mass is 10.0. The number of halogens is 2. The first-order chi connectivity index (χ1) is 8.72. The predicted octanol–water partition coefficient (Wildman–Crippen LogP) is 3.05. The van der Waals surface area contributed by atoms with Gasteiger partial charge in [-0.05, 0) is 32.5 Å². The van der Waals surface area contributed by atoms with Crippen molar-refractivity contribution >= 4 is 11.6 Å². The molecule has 1 unspecified atom stereocenters. The molecule has 1 aliphatic rings. The van der Waals surface area contributed by atoms with Gasteiger partial charge in [0.2, 0.25) is 0 Å². The molecule has 1 atom stereocenters. The number of likely N-dealkylation sites (N-methyl/N-ethyl adjacent to an activating group) is 1. The summed E-state index contributed by atoms with van der Waals surface area (Å²) in [6.07, 6.45) is 3.65. The number of nitrogens with zero attached hydrogens (tertiary/aromatic N) is 1. The molecule has 1 aliphatic heterocycles. The van der Waals surface area contributed by atoms with Gasteiger partial charge >= 0.3 is 0 Å². The highest BCUT2D eigenvalue weighted by molar-refractivity contribution is 6.30. The van der Waals surface area contributed by atoms with Crippen LogP contribution >= 0.6 is 11.6 Å². The molecule has 1 heterocycles. The molecule has 1 fully saturated rings. The molecule has 0 radical (unpaired) electrons. The molecular weight excluding hydrogens is 251 g/mol. The number of hydrogen-bond acceptors (Lipinski definition) is 2. The highest BCUT2D eigenvalue weighted by atomic mass is 35.5. The van der Waals surface area contributed by atoms with E-state index in [0.717, 1.165) is 13.1 Å². The fraction of sp³-hybridized carbons (Fsp3) is 0.571. The summed E-state index contributed by atoms with van der Waals surface area (Å²) in [6.45, 7) is 2.65. The van der Waals surface area contributed by atoms with Gasteiger partial charge in [-0.3, -0.25) is 4.90 Å². The Balaban J connectivity index is 2.08. The minimum Gasteiger partial charge on any atom is -0.318 e. The van der Waals surface area contributed by atoms with E-state index in [1.54, 1.807) is 6.07 Å². The molecule has 0 bridgehead atoms. The Morgan fingerprint density at radius 2 is 2.28 bits per heavy atom. The van der Waals surface area contributed by atoms with Gasteiger partial charge in [0, 0.05) is 24.7 Å². The zero-order chi connectivity index (χ0) is 13.0. The minimum absolute atomic E-state index is 0.217. The average Bonchev–Trinajstić information content (AvgIpc) is 2.37. The number of likely N-dealkylation sites (tertiary alicyclic amines) is 1. The molecule has 4 heteroatoms. The van der Waals surface area contributed by atoms with Crippen molar-refractivity contribution in [1.29, 1.82) is 0 Å². The molecule has 1 N–H and O–H groups in total. The van der Waals surface area contributed by atoms with E-state index in [1.165, 1.54) is 19.3 Å². The topological polar surface area (TPSA) is 15.3 Å². The van der Waals surface area contributed by atoms with Crippen molar-refractivity contribution in [2.24, 2.45) is 0 Å². The smallest absolute Gasteiger partial charge is 0.146 e. The molecule has 1 aromatic carbocycles. The third-order valence-electron chi connectivity index (χ3n) is 3.59. The Labute approximate surface area is 113 Å². The zero-order valence-electron chi connectivity index (χ0n) is 10.8. The summed E-state index contributed by atoms with van der Waals surface area (Å²) in [4.78, 5) is 2.36. The van der Waals surface area contributed by atoms with E-state index < -0.39 is 0 Å². The summed E-state index contributed by atoms with van der Waals surface area (Å²) in [6, 6.07) is 5.74. The molecule has 100 valence electrons. The van der Waals surface area contributed by atoms with Gasteiger partial charge in [-0.1, -0.05) is 30.2 Å². The second-order valence-corrected chi connectivity index (χ2v) is 5.30. The second kappa shape index (κ2) is 6.50. The van der Waals surface area contributed by atoms with Gasteiger partial charge in [0.25, 0.3) is 0 Å². The standard InChI is InChI=1S/C14H20ClFN2/c1-17-9-12-6-2-3-8-18(12)10-11-5-4-7-13(15)14(11)16/h4-5,7,12,17H,2-3,6,8-10H2,1H3. The van der Waals surface area contributed by atoms with Crippen LogP contribution in [0.15, 0.2) is 18.2 Å². The molecule has 0 amide bonds. The van der Waals surface area contributed by atoms with Crippen LogP contribution in [0.25, 0.3) is 0 Å². The highest BCUT2D eigenvalue weighted by Crippen LogP contribution is 2.23. The first kappa shape index (κ1) is 13.8. The van der Waals surface area contributed by atoms with E-state index in [1.807, 2.05) is 19.2 Å². The van der Waals surface area contributed by atoms with Crippen LogP contribution in [0.5, 0.6) is 0 Å². The summed E-state index contributed by atoms with van der Waals surface area (Å²) >= 11 is 5.82. The summed E-state index contributed by atoms with van der Waals surface area (Å²) in [5.41, 5.74) is 0.700. The number of piperidine rings is 1. The van der Waals surface area contributed by atoms with E-state index in [-0.39, 0.29) is 10.8 Å². The Morgan fingerprint density at radius 1 is 1.44 bits per heavy atom. The normalized spacial score (nSPS) is 21.2. The summed E-state index contributed by atoms with van der Waals surface area (Å²) in [7, 11) is 1.97. The molecule has 2 rings (SSSR count). The van der Waals surface area contributed by atoms with E-state index in [0.29, 0.717) is 18.2 Å². The molecule has 18 heavy (non-hydrogen) atoms. The van der Waals surface area contributed by atoms with Crippen LogP contribution in [0.4, 0.5) is 4.39 Å². The van der Waals surface area contributed by atoms with Crippen molar-refractivity contribution in [3.8, 4) is 0 Å². The largest absolute Gasteiger partial charge is 0.318 e. The van der Waals surface area contributed by atoms with Crippen molar-refractivity contribution in [1.82, 2.24) is 10.2 Å². The molecule has 1 saturated heterocycles.